The lowest BCUT2D eigenvalue weighted by atomic mass is 9.92. The van der Waals surface area contributed by atoms with Gasteiger partial charge in [0.1, 0.15) is 0 Å². The molecule has 2 heteroatoms. The number of likely N-dealkylation sites (tertiary alicyclic amines) is 1. The van der Waals surface area contributed by atoms with Crippen LogP contribution in [-0.4, -0.2) is 34.7 Å². The van der Waals surface area contributed by atoms with Gasteiger partial charge >= 0.3 is 0 Å². The minimum Gasteiger partial charge on any atom is -0.384 e. The third kappa shape index (κ3) is 2.08. The molecule has 0 amide bonds. The summed E-state index contributed by atoms with van der Waals surface area (Å²) in [5.74, 6) is 0. The molecule has 0 unspecified atom stereocenters. The summed E-state index contributed by atoms with van der Waals surface area (Å²) in [5.41, 5.74) is -0.636. The van der Waals surface area contributed by atoms with E-state index in [9.17, 15) is 5.11 Å². The van der Waals surface area contributed by atoms with E-state index in [-0.39, 0.29) is 0 Å². The lowest BCUT2D eigenvalue weighted by molar-refractivity contribution is -0.00272. The Morgan fingerprint density at radius 2 is 2.25 bits per heavy atom. The van der Waals surface area contributed by atoms with Crippen LogP contribution in [0.4, 0.5) is 0 Å². The standard InChI is InChI=1S/C10H19NO/c1-4-10(12)6-5-7-11(8-10)9(2)3/h4,9,12H,1,5-8H2,2-3H3/t10-/m0/s1. The summed E-state index contributed by atoms with van der Waals surface area (Å²) in [7, 11) is 0. The molecule has 0 aliphatic carbocycles. The molecule has 0 aromatic heterocycles. The van der Waals surface area contributed by atoms with Gasteiger partial charge in [-0.05, 0) is 33.2 Å². The molecule has 2 nitrogen and oxygen atoms in total. The molecular weight excluding hydrogens is 150 g/mol. The van der Waals surface area contributed by atoms with Crippen LogP contribution < -0.4 is 0 Å². The largest absolute Gasteiger partial charge is 0.384 e. The molecule has 1 rings (SSSR count). The minimum atomic E-state index is -0.636. The van der Waals surface area contributed by atoms with Crippen molar-refractivity contribution in [2.75, 3.05) is 13.1 Å². The summed E-state index contributed by atoms with van der Waals surface area (Å²) in [6.07, 6.45) is 3.61. The van der Waals surface area contributed by atoms with Crippen molar-refractivity contribution in [3.05, 3.63) is 12.7 Å². The normalized spacial score (nSPS) is 32.3. The van der Waals surface area contributed by atoms with Gasteiger partial charge in [0.05, 0.1) is 5.60 Å². The fraction of sp³-hybridized carbons (Fsp3) is 0.800. The second-order valence-corrected chi connectivity index (χ2v) is 3.98. The van der Waals surface area contributed by atoms with Gasteiger partial charge in [-0.15, -0.1) is 6.58 Å². The van der Waals surface area contributed by atoms with Gasteiger partial charge in [-0.3, -0.25) is 4.90 Å². The lowest BCUT2D eigenvalue weighted by Gasteiger charge is -2.39. The van der Waals surface area contributed by atoms with Crippen molar-refractivity contribution >= 4 is 0 Å². The van der Waals surface area contributed by atoms with Gasteiger partial charge in [0.15, 0.2) is 0 Å². The van der Waals surface area contributed by atoms with Crippen molar-refractivity contribution in [3.63, 3.8) is 0 Å². The molecule has 0 aromatic rings. The number of piperidine rings is 1. The van der Waals surface area contributed by atoms with Crippen molar-refractivity contribution in [1.29, 1.82) is 0 Å². The Balaban J connectivity index is 2.56. The minimum absolute atomic E-state index is 0.525. The Kier molecular flexibility index (Phi) is 2.91. The van der Waals surface area contributed by atoms with Crippen LogP contribution in [0.2, 0.25) is 0 Å². The van der Waals surface area contributed by atoms with Gasteiger partial charge in [0.2, 0.25) is 0 Å². The summed E-state index contributed by atoms with van der Waals surface area (Å²) in [4.78, 5) is 2.30. The van der Waals surface area contributed by atoms with E-state index in [1.807, 2.05) is 0 Å². The third-order valence-corrected chi connectivity index (χ3v) is 2.64. The lowest BCUT2D eigenvalue weighted by Crippen LogP contribution is -2.49. The van der Waals surface area contributed by atoms with Gasteiger partial charge in [0.25, 0.3) is 0 Å². The van der Waals surface area contributed by atoms with Gasteiger partial charge in [-0.1, -0.05) is 6.08 Å². The van der Waals surface area contributed by atoms with Gasteiger partial charge < -0.3 is 5.11 Å². The highest BCUT2D eigenvalue weighted by molar-refractivity contribution is 5.00. The molecule has 0 spiro atoms. The van der Waals surface area contributed by atoms with Gasteiger partial charge in [0, 0.05) is 12.6 Å². The molecule has 1 heterocycles. The van der Waals surface area contributed by atoms with E-state index in [0.29, 0.717) is 6.04 Å². The molecule has 0 radical (unpaired) electrons. The first-order chi connectivity index (χ1) is 5.57. The highest BCUT2D eigenvalue weighted by atomic mass is 16.3. The Bertz CT molecular complexity index is 167. The van der Waals surface area contributed by atoms with E-state index in [1.165, 1.54) is 0 Å². The van der Waals surface area contributed by atoms with E-state index in [4.69, 9.17) is 0 Å². The van der Waals surface area contributed by atoms with Crippen LogP contribution in [-0.2, 0) is 0 Å². The average molecular weight is 169 g/mol. The Morgan fingerprint density at radius 1 is 1.58 bits per heavy atom. The maximum atomic E-state index is 9.94. The molecular formula is C10H19NO. The molecule has 1 atom stereocenters. The summed E-state index contributed by atoms with van der Waals surface area (Å²) in [6, 6.07) is 0.525. The van der Waals surface area contributed by atoms with Crippen molar-refractivity contribution < 1.29 is 5.11 Å². The van der Waals surface area contributed by atoms with Crippen molar-refractivity contribution in [2.45, 2.75) is 38.3 Å². The number of nitrogens with zero attached hydrogens (tertiary/aromatic N) is 1. The number of β-amino-alcohol motifs (C(OH)–C–C–N with tert-alkyl or cyclic N) is 1. The molecule has 12 heavy (non-hydrogen) atoms. The molecule has 0 saturated carbocycles. The number of hydrogen-bond acceptors (Lipinski definition) is 2. The zero-order chi connectivity index (χ0) is 9.19. The molecule has 1 saturated heterocycles. The van der Waals surface area contributed by atoms with Crippen LogP contribution in [0.25, 0.3) is 0 Å². The van der Waals surface area contributed by atoms with Gasteiger partial charge in [-0.2, -0.15) is 0 Å². The zero-order valence-electron chi connectivity index (χ0n) is 8.08. The van der Waals surface area contributed by atoms with Crippen molar-refractivity contribution in [2.24, 2.45) is 0 Å². The number of hydrogen-bond donors (Lipinski definition) is 1. The predicted octanol–water partition coefficient (Wildman–Crippen LogP) is 1.41. The number of rotatable bonds is 2. The highest BCUT2D eigenvalue weighted by Gasteiger charge is 2.30. The molecule has 0 aromatic carbocycles. The first-order valence-electron chi connectivity index (χ1n) is 4.67. The predicted molar refractivity (Wildman–Crippen MR) is 51.1 cm³/mol. The third-order valence-electron chi connectivity index (χ3n) is 2.64. The first-order valence-corrected chi connectivity index (χ1v) is 4.67. The van der Waals surface area contributed by atoms with Crippen LogP contribution in [0.3, 0.4) is 0 Å². The zero-order valence-corrected chi connectivity index (χ0v) is 8.08. The van der Waals surface area contributed by atoms with Crippen molar-refractivity contribution in [3.8, 4) is 0 Å². The molecule has 1 fully saturated rings. The fourth-order valence-corrected chi connectivity index (χ4v) is 1.71. The topological polar surface area (TPSA) is 23.5 Å². The van der Waals surface area contributed by atoms with Gasteiger partial charge in [-0.25, -0.2) is 0 Å². The quantitative estimate of drug-likeness (QED) is 0.632. The molecule has 1 aliphatic heterocycles. The number of aliphatic hydroxyl groups is 1. The van der Waals surface area contributed by atoms with Crippen LogP contribution in [0.1, 0.15) is 26.7 Å². The maximum Gasteiger partial charge on any atom is 0.0952 e. The second-order valence-electron chi connectivity index (χ2n) is 3.98. The summed E-state index contributed by atoms with van der Waals surface area (Å²) in [5, 5.41) is 9.94. The van der Waals surface area contributed by atoms with E-state index in [1.54, 1.807) is 6.08 Å². The fourth-order valence-electron chi connectivity index (χ4n) is 1.71. The van der Waals surface area contributed by atoms with Crippen LogP contribution in [0.5, 0.6) is 0 Å². The molecule has 1 aliphatic rings. The average Bonchev–Trinajstić information content (AvgIpc) is 2.05. The second kappa shape index (κ2) is 3.58. The van der Waals surface area contributed by atoms with Crippen LogP contribution in [0.15, 0.2) is 12.7 Å². The summed E-state index contributed by atoms with van der Waals surface area (Å²) < 4.78 is 0. The summed E-state index contributed by atoms with van der Waals surface area (Å²) in [6.45, 7) is 9.85. The van der Waals surface area contributed by atoms with Crippen LogP contribution >= 0.6 is 0 Å². The van der Waals surface area contributed by atoms with E-state index in [2.05, 4.69) is 25.3 Å². The Labute approximate surface area is 74.9 Å². The first kappa shape index (κ1) is 9.75. The summed E-state index contributed by atoms with van der Waals surface area (Å²) >= 11 is 0. The maximum absolute atomic E-state index is 9.94. The van der Waals surface area contributed by atoms with E-state index in [0.717, 1.165) is 25.9 Å². The SMILES string of the molecule is C=C[C@]1(O)CCCN(C(C)C)C1. The monoisotopic (exact) mass is 169 g/mol. The Hall–Kier alpha value is -0.340. The van der Waals surface area contributed by atoms with Crippen LogP contribution in [0, 0.1) is 0 Å². The molecule has 0 bridgehead atoms. The van der Waals surface area contributed by atoms with Crippen molar-refractivity contribution in [1.82, 2.24) is 4.90 Å². The highest BCUT2D eigenvalue weighted by Crippen LogP contribution is 2.23. The van der Waals surface area contributed by atoms with E-state index < -0.39 is 5.60 Å². The smallest absolute Gasteiger partial charge is 0.0952 e. The van der Waals surface area contributed by atoms with E-state index >= 15 is 0 Å². The molecule has 1 N–H and O–H groups in total. The Morgan fingerprint density at radius 3 is 2.75 bits per heavy atom. The molecule has 70 valence electrons.